The zero-order chi connectivity index (χ0) is 23.5. The van der Waals surface area contributed by atoms with Crippen molar-refractivity contribution in [2.24, 2.45) is 22.9 Å². The van der Waals surface area contributed by atoms with Crippen LogP contribution in [0.2, 0.25) is 0 Å². The van der Waals surface area contributed by atoms with Crippen LogP contribution < -0.4 is 4.74 Å². The summed E-state index contributed by atoms with van der Waals surface area (Å²) in [6, 6.07) is 3.43. The number of esters is 1. The Labute approximate surface area is 187 Å². The molecule has 1 heterocycles. The molecule has 0 saturated heterocycles. The van der Waals surface area contributed by atoms with E-state index in [4.69, 9.17) is 4.74 Å². The predicted octanol–water partition coefficient (Wildman–Crippen LogP) is 5.29. The molecule has 1 aromatic rings. The van der Waals surface area contributed by atoms with Crippen molar-refractivity contribution in [1.29, 1.82) is 0 Å². The second kappa shape index (κ2) is 9.53. The van der Waals surface area contributed by atoms with Gasteiger partial charge in [0.1, 0.15) is 5.54 Å². The van der Waals surface area contributed by atoms with Crippen LogP contribution in [-0.4, -0.2) is 22.4 Å². The molecule has 3 atom stereocenters. The largest absolute Gasteiger partial charge is 0.407 e. The van der Waals surface area contributed by atoms with Gasteiger partial charge < -0.3 is 4.74 Å². The highest BCUT2D eigenvalue weighted by Gasteiger charge is 2.46. The Morgan fingerprint density at radius 3 is 2.88 bits per heavy atom. The molecule has 1 aromatic heterocycles. The maximum Gasteiger partial charge on any atom is 0.313 e. The van der Waals surface area contributed by atoms with E-state index < -0.39 is 11.5 Å². The monoisotopic (exact) mass is 439 g/mol. The summed E-state index contributed by atoms with van der Waals surface area (Å²) in [6.45, 7) is 7.66. The molecular formula is C23H29N5O4. The first-order valence-corrected chi connectivity index (χ1v) is 10.9. The van der Waals surface area contributed by atoms with Gasteiger partial charge in [0.05, 0.1) is 6.42 Å². The van der Waals surface area contributed by atoms with E-state index in [0.717, 1.165) is 22.4 Å². The fourth-order valence-electron chi connectivity index (χ4n) is 5.17. The number of nitrogens with zero attached hydrogens (tertiary/aromatic N) is 5. The Bertz CT molecular complexity index is 1030. The smallest absolute Gasteiger partial charge is 0.313 e. The maximum atomic E-state index is 12.5. The van der Waals surface area contributed by atoms with Crippen molar-refractivity contribution in [3.05, 3.63) is 67.2 Å². The van der Waals surface area contributed by atoms with Crippen molar-refractivity contribution in [1.82, 2.24) is 4.98 Å². The summed E-state index contributed by atoms with van der Waals surface area (Å²) in [6.07, 6.45) is 5.94. The summed E-state index contributed by atoms with van der Waals surface area (Å²) in [5, 5.41) is 15.2. The third-order valence-electron chi connectivity index (χ3n) is 6.12. The van der Waals surface area contributed by atoms with Crippen molar-refractivity contribution in [3.8, 4) is 5.88 Å². The van der Waals surface area contributed by atoms with E-state index in [9.17, 15) is 20.4 Å². The number of rotatable bonds is 8. The summed E-state index contributed by atoms with van der Waals surface area (Å²) in [5.74, 6) is -0.440. The molecule has 9 heteroatoms. The molecule has 3 rings (SSSR count). The van der Waals surface area contributed by atoms with Crippen LogP contribution in [0.3, 0.4) is 0 Å². The molecule has 0 radical (unpaired) electrons. The highest BCUT2D eigenvalue weighted by atomic mass is 16.6. The summed E-state index contributed by atoms with van der Waals surface area (Å²) in [4.78, 5) is 30.8. The van der Waals surface area contributed by atoms with Gasteiger partial charge in [0.15, 0.2) is 0 Å². The molecular weight excluding hydrogens is 410 g/mol. The molecule has 9 nitrogen and oxygen atoms in total. The molecule has 0 aliphatic heterocycles. The number of hydrogen-bond acceptors (Lipinski definition) is 6. The van der Waals surface area contributed by atoms with Gasteiger partial charge in [0.25, 0.3) is 0 Å². The number of azide groups is 1. The van der Waals surface area contributed by atoms with Crippen molar-refractivity contribution in [2.45, 2.75) is 58.9 Å². The lowest BCUT2D eigenvalue weighted by atomic mass is 9.63. The van der Waals surface area contributed by atoms with E-state index in [2.05, 4.69) is 21.1 Å². The van der Waals surface area contributed by atoms with E-state index in [1.165, 1.54) is 0 Å². The fraction of sp³-hybridized carbons (Fsp3) is 0.565. The standard InChI is InChI=1S/C23H29N5O4/c1-5-18-17-9-15(4)12-23(18,26-27-24)19-6-7-21(25-20(19)11-17)32-22(29)10-16(8-14(2)3)13-28(30)31/h5-7,9,14,16-17H,8,10-13H2,1-4H3/t16-,17?,23?/m0/s1. The summed E-state index contributed by atoms with van der Waals surface area (Å²) < 4.78 is 5.46. The van der Waals surface area contributed by atoms with Gasteiger partial charge in [-0.1, -0.05) is 48.3 Å². The Morgan fingerprint density at radius 2 is 2.25 bits per heavy atom. The zero-order valence-corrected chi connectivity index (χ0v) is 18.9. The van der Waals surface area contributed by atoms with Crippen LogP contribution in [0.4, 0.5) is 0 Å². The molecule has 0 amide bonds. The third kappa shape index (κ3) is 4.83. The average Bonchev–Trinajstić information content (AvgIpc) is 2.66. The fourth-order valence-corrected chi connectivity index (χ4v) is 5.17. The van der Waals surface area contributed by atoms with Gasteiger partial charge in [-0.05, 0) is 43.7 Å². The average molecular weight is 440 g/mol. The minimum Gasteiger partial charge on any atom is -0.407 e. The van der Waals surface area contributed by atoms with Gasteiger partial charge in [-0.25, -0.2) is 4.98 Å². The van der Waals surface area contributed by atoms with Gasteiger partial charge in [0, 0.05) is 39.9 Å². The first-order chi connectivity index (χ1) is 15.2. The molecule has 0 aromatic carbocycles. The number of fused-ring (bicyclic) bond motifs is 4. The number of carbonyl (C=O) groups is 1. The number of pyridine rings is 1. The Balaban J connectivity index is 1.85. The first-order valence-electron chi connectivity index (χ1n) is 10.9. The van der Waals surface area contributed by atoms with Gasteiger partial charge in [-0.2, -0.15) is 0 Å². The number of aromatic nitrogens is 1. The molecule has 170 valence electrons. The lowest BCUT2D eigenvalue weighted by Gasteiger charge is -2.44. The lowest BCUT2D eigenvalue weighted by Crippen LogP contribution is -2.39. The Hall–Kier alpha value is -3.19. The lowest BCUT2D eigenvalue weighted by molar-refractivity contribution is -0.488. The third-order valence-corrected chi connectivity index (χ3v) is 6.12. The van der Waals surface area contributed by atoms with E-state index in [-0.39, 0.29) is 41.5 Å². The quantitative estimate of drug-likeness (QED) is 0.103. The highest BCUT2D eigenvalue weighted by Crippen LogP contribution is 2.52. The van der Waals surface area contributed by atoms with Gasteiger partial charge in [-0.3, -0.25) is 14.9 Å². The topological polar surface area (TPSA) is 131 Å². The van der Waals surface area contributed by atoms with Crippen LogP contribution in [0, 0.1) is 27.9 Å². The second-order valence-electron chi connectivity index (χ2n) is 9.13. The number of nitro groups is 1. The molecule has 0 fully saturated rings. The van der Waals surface area contributed by atoms with Crippen LogP contribution in [0.5, 0.6) is 5.88 Å². The minimum absolute atomic E-state index is 0.0339. The molecule has 0 N–H and O–H groups in total. The molecule has 2 bridgehead atoms. The SMILES string of the molecule is CC=C1C2C=C(C)CC1(N=[N+]=[N-])c1ccc(OC(=O)C[C@H](CC(C)C)C[N+](=O)[O-])nc1C2. The van der Waals surface area contributed by atoms with Crippen molar-refractivity contribution in [2.75, 3.05) is 6.54 Å². The normalized spacial score (nSPS) is 23.7. The summed E-state index contributed by atoms with van der Waals surface area (Å²) >= 11 is 0. The number of carbonyl (C=O) groups excluding carboxylic acids is 1. The van der Waals surface area contributed by atoms with Gasteiger partial charge in [0.2, 0.25) is 12.4 Å². The number of hydrogen-bond donors (Lipinski definition) is 0. The number of ether oxygens (including phenoxy) is 1. The molecule has 0 saturated carbocycles. The first kappa shape index (κ1) is 23.5. The van der Waals surface area contributed by atoms with E-state index in [1.807, 2.05) is 39.8 Å². The second-order valence-corrected chi connectivity index (χ2v) is 9.13. The molecule has 2 aliphatic rings. The van der Waals surface area contributed by atoms with Crippen LogP contribution >= 0.6 is 0 Å². The minimum atomic E-state index is -0.815. The van der Waals surface area contributed by atoms with Gasteiger partial charge >= 0.3 is 5.97 Å². The van der Waals surface area contributed by atoms with Crippen LogP contribution in [0.1, 0.15) is 58.2 Å². The molecule has 2 aliphatic carbocycles. The Morgan fingerprint density at radius 1 is 1.50 bits per heavy atom. The van der Waals surface area contributed by atoms with Crippen molar-refractivity contribution < 1.29 is 14.5 Å². The van der Waals surface area contributed by atoms with Crippen LogP contribution in [-0.2, 0) is 16.8 Å². The zero-order valence-electron chi connectivity index (χ0n) is 18.9. The van der Waals surface area contributed by atoms with Crippen molar-refractivity contribution in [3.63, 3.8) is 0 Å². The highest BCUT2D eigenvalue weighted by molar-refractivity contribution is 5.72. The van der Waals surface area contributed by atoms with Crippen LogP contribution in [0.25, 0.3) is 10.4 Å². The van der Waals surface area contributed by atoms with E-state index >= 15 is 0 Å². The summed E-state index contributed by atoms with van der Waals surface area (Å²) in [5.41, 5.74) is 12.3. The summed E-state index contributed by atoms with van der Waals surface area (Å²) in [7, 11) is 0. The van der Waals surface area contributed by atoms with Crippen molar-refractivity contribution >= 4 is 5.97 Å². The Kier molecular flexibility index (Phi) is 6.99. The molecule has 2 unspecified atom stereocenters. The van der Waals surface area contributed by atoms with Crippen LogP contribution in [0.15, 0.2) is 40.5 Å². The van der Waals surface area contributed by atoms with Gasteiger partial charge in [-0.15, -0.1) is 0 Å². The predicted molar refractivity (Wildman–Crippen MR) is 119 cm³/mol. The molecule has 32 heavy (non-hydrogen) atoms. The van der Waals surface area contributed by atoms with E-state index in [0.29, 0.717) is 19.3 Å². The maximum absolute atomic E-state index is 12.5. The number of allylic oxidation sites excluding steroid dienone is 2. The molecule has 0 spiro atoms. The van der Waals surface area contributed by atoms with E-state index in [1.54, 1.807) is 6.07 Å².